The number of benzene rings is 1. The highest BCUT2D eigenvalue weighted by atomic mass is 32.2. The van der Waals surface area contributed by atoms with Crippen LogP contribution >= 0.6 is 0 Å². The summed E-state index contributed by atoms with van der Waals surface area (Å²) in [4.78, 5) is 0.321. The maximum atomic E-state index is 12.6. The van der Waals surface area contributed by atoms with Gasteiger partial charge >= 0.3 is 0 Å². The summed E-state index contributed by atoms with van der Waals surface area (Å²) < 4.78 is 32.0. The first-order valence-corrected chi connectivity index (χ1v) is 7.37. The molecule has 2 rings (SSSR count). The Bertz CT molecular complexity index is 516. The number of hydrogen-bond acceptors (Lipinski definition) is 4. The van der Waals surface area contributed by atoms with Gasteiger partial charge in [0.25, 0.3) is 0 Å². The van der Waals surface area contributed by atoms with E-state index in [4.69, 9.17) is 4.74 Å². The summed E-state index contributed by atoms with van der Waals surface area (Å²) in [6, 6.07) is 6.81. The van der Waals surface area contributed by atoms with Crippen LogP contribution in [0.25, 0.3) is 0 Å². The fourth-order valence-corrected chi connectivity index (χ4v) is 3.89. The van der Waals surface area contributed by atoms with Crippen LogP contribution in [0, 0.1) is 0 Å². The van der Waals surface area contributed by atoms with E-state index in [2.05, 4.69) is 5.32 Å². The third-order valence-electron chi connectivity index (χ3n) is 3.05. The summed E-state index contributed by atoms with van der Waals surface area (Å²) in [5.41, 5.74) is 0.621. The summed E-state index contributed by atoms with van der Waals surface area (Å²) >= 11 is 0. The van der Waals surface area contributed by atoms with E-state index in [0.717, 1.165) is 0 Å². The number of anilines is 1. The molecular weight excluding hydrogens is 252 g/mol. The Morgan fingerprint density at radius 2 is 2.11 bits per heavy atom. The van der Waals surface area contributed by atoms with Gasteiger partial charge in [-0.15, -0.1) is 0 Å². The molecule has 0 amide bonds. The Balaban J connectivity index is 2.41. The van der Waals surface area contributed by atoms with Gasteiger partial charge in [0.05, 0.1) is 18.9 Å². The number of ether oxygens (including phenoxy) is 1. The molecule has 1 aliphatic rings. The first kappa shape index (κ1) is 13.3. The number of morpholine rings is 1. The molecule has 1 heterocycles. The maximum absolute atomic E-state index is 12.6. The standard InChI is InChI=1S/C12H18N2O3S/c1-10-9-17-8-7-14(10)18(15,16)12-6-4-3-5-11(12)13-2/h3-6,10,13H,7-9H2,1-2H3. The molecule has 5 nitrogen and oxygen atoms in total. The van der Waals surface area contributed by atoms with Crippen LogP contribution in [0.15, 0.2) is 29.2 Å². The van der Waals surface area contributed by atoms with Gasteiger partial charge in [-0.25, -0.2) is 8.42 Å². The normalized spacial score (nSPS) is 21.8. The van der Waals surface area contributed by atoms with E-state index in [1.807, 2.05) is 13.0 Å². The van der Waals surface area contributed by atoms with Crippen LogP contribution in [-0.4, -0.2) is 45.6 Å². The van der Waals surface area contributed by atoms with Gasteiger partial charge in [0.2, 0.25) is 10.0 Å². The number of nitrogens with zero attached hydrogens (tertiary/aromatic N) is 1. The lowest BCUT2D eigenvalue weighted by Crippen LogP contribution is -2.47. The van der Waals surface area contributed by atoms with E-state index in [1.165, 1.54) is 4.31 Å². The van der Waals surface area contributed by atoms with E-state index < -0.39 is 10.0 Å². The fourth-order valence-electron chi connectivity index (χ4n) is 2.09. The van der Waals surface area contributed by atoms with Crippen molar-refractivity contribution < 1.29 is 13.2 Å². The van der Waals surface area contributed by atoms with E-state index in [-0.39, 0.29) is 6.04 Å². The van der Waals surface area contributed by atoms with Gasteiger partial charge < -0.3 is 10.1 Å². The van der Waals surface area contributed by atoms with E-state index in [0.29, 0.717) is 30.3 Å². The smallest absolute Gasteiger partial charge is 0.245 e. The lowest BCUT2D eigenvalue weighted by Gasteiger charge is -2.32. The Labute approximate surface area is 108 Å². The molecule has 1 aromatic rings. The van der Waals surface area contributed by atoms with Gasteiger partial charge in [0.15, 0.2) is 0 Å². The van der Waals surface area contributed by atoms with Crippen LogP contribution in [-0.2, 0) is 14.8 Å². The van der Waals surface area contributed by atoms with Gasteiger partial charge in [-0.05, 0) is 19.1 Å². The first-order valence-electron chi connectivity index (χ1n) is 5.93. The molecule has 1 N–H and O–H groups in total. The second-order valence-corrected chi connectivity index (χ2v) is 6.14. The summed E-state index contributed by atoms with van der Waals surface area (Å²) in [5, 5.41) is 2.92. The molecule has 1 unspecified atom stereocenters. The summed E-state index contributed by atoms with van der Waals surface area (Å²) in [5.74, 6) is 0. The lowest BCUT2D eigenvalue weighted by molar-refractivity contribution is 0.0393. The molecule has 1 saturated heterocycles. The third kappa shape index (κ3) is 2.36. The van der Waals surface area contributed by atoms with E-state index in [1.54, 1.807) is 25.2 Å². The van der Waals surface area contributed by atoms with Gasteiger partial charge in [-0.3, -0.25) is 0 Å². The van der Waals surface area contributed by atoms with Gasteiger partial charge in [0, 0.05) is 19.6 Å². The molecule has 1 atom stereocenters. The van der Waals surface area contributed by atoms with Crippen LogP contribution in [0.3, 0.4) is 0 Å². The highest BCUT2D eigenvalue weighted by molar-refractivity contribution is 7.89. The van der Waals surface area contributed by atoms with Crippen molar-refractivity contribution in [2.45, 2.75) is 17.9 Å². The highest BCUT2D eigenvalue weighted by Crippen LogP contribution is 2.26. The van der Waals surface area contributed by atoms with Crippen LogP contribution in [0.2, 0.25) is 0 Å². The van der Waals surface area contributed by atoms with Gasteiger partial charge in [0.1, 0.15) is 4.90 Å². The molecule has 1 aromatic carbocycles. The molecule has 0 bridgehead atoms. The van der Waals surface area contributed by atoms with Crippen LogP contribution in [0.5, 0.6) is 0 Å². The third-order valence-corrected chi connectivity index (χ3v) is 5.12. The average molecular weight is 270 g/mol. The van der Waals surface area contributed by atoms with Crippen molar-refractivity contribution in [2.75, 3.05) is 32.1 Å². The Morgan fingerprint density at radius 1 is 1.39 bits per heavy atom. The molecule has 1 aliphatic heterocycles. The number of nitrogens with one attached hydrogen (secondary N) is 1. The van der Waals surface area contributed by atoms with Gasteiger partial charge in [-0.1, -0.05) is 12.1 Å². The minimum Gasteiger partial charge on any atom is -0.387 e. The van der Waals surface area contributed by atoms with Crippen molar-refractivity contribution in [3.8, 4) is 0 Å². The largest absolute Gasteiger partial charge is 0.387 e. The molecule has 0 aliphatic carbocycles. The van der Waals surface area contributed by atoms with Crippen molar-refractivity contribution in [1.82, 2.24) is 4.31 Å². The van der Waals surface area contributed by atoms with Crippen LogP contribution in [0.4, 0.5) is 5.69 Å². The summed E-state index contributed by atoms with van der Waals surface area (Å²) in [7, 11) is -1.74. The molecule has 0 saturated carbocycles. The SMILES string of the molecule is CNc1ccccc1S(=O)(=O)N1CCOCC1C. The highest BCUT2D eigenvalue weighted by Gasteiger charge is 2.32. The second-order valence-electron chi connectivity index (χ2n) is 4.29. The zero-order valence-corrected chi connectivity index (χ0v) is 11.4. The predicted octanol–water partition coefficient (Wildman–Crippen LogP) is 1.14. The number of rotatable bonds is 3. The minimum atomic E-state index is -3.46. The first-order chi connectivity index (χ1) is 8.57. The molecule has 6 heteroatoms. The average Bonchev–Trinajstić information content (AvgIpc) is 2.39. The topological polar surface area (TPSA) is 58.6 Å². The van der Waals surface area contributed by atoms with Crippen molar-refractivity contribution in [3.63, 3.8) is 0 Å². The maximum Gasteiger partial charge on any atom is 0.245 e. The Morgan fingerprint density at radius 3 is 2.78 bits per heavy atom. The fraction of sp³-hybridized carbons (Fsp3) is 0.500. The summed E-state index contributed by atoms with van der Waals surface area (Å²) in [6.07, 6.45) is 0. The molecule has 0 spiro atoms. The number of sulfonamides is 1. The molecule has 18 heavy (non-hydrogen) atoms. The predicted molar refractivity (Wildman–Crippen MR) is 70.2 cm³/mol. The Hall–Kier alpha value is -1.11. The van der Waals surface area contributed by atoms with Gasteiger partial charge in [-0.2, -0.15) is 4.31 Å². The zero-order valence-electron chi connectivity index (χ0n) is 10.6. The van der Waals surface area contributed by atoms with Crippen LogP contribution in [0.1, 0.15) is 6.92 Å². The van der Waals surface area contributed by atoms with E-state index >= 15 is 0 Å². The molecule has 0 radical (unpaired) electrons. The summed E-state index contributed by atoms with van der Waals surface area (Å²) in [6.45, 7) is 3.16. The van der Waals surface area contributed by atoms with Crippen LogP contribution < -0.4 is 5.32 Å². The monoisotopic (exact) mass is 270 g/mol. The molecule has 0 aromatic heterocycles. The Kier molecular flexibility index (Phi) is 3.89. The quantitative estimate of drug-likeness (QED) is 0.894. The molecule has 1 fully saturated rings. The second kappa shape index (κ2) is 5.26. The number of para-hydroxylation sites is 1. The zero-order chi connectivity index (χ0) is 13.2. The van der Waals surface area contributed by atoms with E-state index in [9.17, 15) is 8.42 Å². The van der Waals surface area contributed by atoms with Crippen molar-refractivity contribution >= 4 is 15.7 Å². The minimum absolute atomic E-state index is 0.131. The van der Waals surface area contributed by atoms with Crippen molar-refractivity contribution in [2.24, 2.45) is 0 Å². The van der Waals surface area contributed by atoms with Crippen molar-refractivity contribution in [3.05, 3.63) is 24.3 Å². The molecule has 100 valence electrons. The number of hydrogen-bond donors (Lipinski definition) is 1. The molecular formula is C12H18N2O3S. The van der Waals surface area contributed by atoms with Crippen molar-refractivity contribution in [1.29, 1.82) is 0 Å². The lowest BCUT2D eigenvalue weighted by atomic mass is 10.3.